The van der Waals surface area contributed by atoms with Crippen LogP contribution >= 0.6 is 23.2 Å². The van der Waals surface area contributed by atoms with Gasteiger partial charge in [-0.1, -0.05) is 54.1 Å². The molecule has 9 heteroatoms. The first-order valence-corrected chi connectivity index (χ1v) is 14.1. The molecule has 0 spiro atoms. The molecule has 0 fully saturated rings. The summed E-state index contributed by atoms with van der Waals surface area (Å²) in [5.41, 5.74) is 0.985. The molecule has 0 radical (unpaired) electrons. The lowest BCUT2D eigenvalue weighted by Crippen LogP contribution is -2.55. The molecule has 1 N–H and O–H groups in total. The fraction of sp³-hybridized carbons (Fsp3) is 0.303. The Kier molecular flexibility index (Phi) is 9.75. The van der Waals surface area contributed by atoms with Crippen LogP contribution < -0.4 is 9.47 Å². The number of hydrogen-bond acceptors (Lipinski definition) is 7. The number of rotatable bonds is 12. The van der Waals surface area contributed by atoms with Crippen LogP contribution in [0, 0.1) is 11.3 Å². The fourth-order valence-corrected chi connectivity index (χ4v) is 5.14. The summed E-state index contributed by atoms with van der Waals surface area (Å²) in [4.78, 5) is 14.8. The molecule has 0 saturated carbocycles. The van der Waals surface area contributed by atoms with E-state index in [1.54, 1.807) is 32.2 Å². The molecule has 0 aliphatic heterocycles. The number of aldehydes is 1. The van der Waals surface area contributed by atoms with Crippen molar-refractivity contribution >= 4 is 35.1 Å². The lowest BCUT2D eigenvalue weighted by atomic mass is 9.76. The van der Waals surface area contributed by atoms with Crippen LogP contribution in [0.4, 0.5) is 0 Å². The molecular weight excluding hydrogens is 575 g/mol. The van der Waals surface area contributed by atoms with Gasteiger partial charge >= 0.3 is 0 Å². The van der Waals surface area contributed by atoms with Gasteiger partial charge in [-0.2, -0.15) is 5.26 Å². The largest absolute Gasteiger partial charge is 0.488 e. The topological polar surface area (TPSA) is 102 Å². The Bertz CT molecular complexity index is 1520. The van der Waals surface area contributed by atoms with Gasteiger partial charge in [0.1, 0.15) is 41.3 Å². The second-order valence-corrected chi connectivity index (χ2v) is 12.0. The monoisotopic (exact) mass is 606 g/mol. The minimum Gasteiger partial charge on any atom is -0.488 e. The van der Waals surface area contributed by atoms with Gasteiger partial charge in [-0.3, -0.25) is 9.78 Å². The van der Waals surface area contributed by atoms with Crippen LogP contribution in [0.5, 0.6) is 11.5 Å². The molecule has 1 aliphatic rings. The molecule has 1 heterocycles. The van der Waals surface area contributed by atoms with Gasteiger partial charge in [0, 0.05) is 24.0 Å². The molecule has 3 aromatic rings. The summed E-state index contributed by atoms with van der Waals surface area (Å²) in [6.45, 7) is 5.56. The average molecular weight is 608 g/mol. The van der Waals surface area contributed by atoms with Gasteiger partial charge in [0.2, 0.25) is 0 Å². The number of halogens is 2. The Balaban J connectivity index is 1.62. The van der Waals surface area contributed by atoms with E-state index in [4.69, 9.17) is 42.7 Å². The molecule has 42 heavy (non-hydrogen) atoms. The van der Waals surface area contributed by atoms with Gasteiger partial charge in [-0.05, 0) is 56.5 Å². The first kappa shape index (κ1) is 31.3. The minimum atomic E-state index is -1.16. The van der Waals surface area contributed by atoms with Crippen molar-refractivity contribution in [2.75, 3.05) is 13.2 Å². The van der Waals surface area contributed by atoms with Crippen molar-refractivity contribution < 1.29 is 24.1 Å². The molecule has 4 rings (SSSR count). The number of allylic oxidation sites excluding steroid dienone is 2. The number of pyridine rings is 1. The number of ether oxygens (including phenoxy) is 3. The summed E-state index contributed by atoms with van der Waals surface area (Å²) in [6, 6.07) is 16.5. The number of aromatic nitrogens is 1. The van der Waals surface area contributed by atoms with Crippen LogP contribution in [0.3, 0.4) is 0 Å². The maximum absolute atomic E-state index is 11.8. The van der Waals surface area contributed by atoms with Crippen molar-refractivity contribution in [1.29, 1.82) is 5.26 Å². The van der Waals surface area contributed by atoms with Crippen LogP contribution in [0.15, 0.2) is 79.2 Å². The Morgan fingerprint density at radius 3 is 2.57 bits per heavy atom. The number of alkyl halides is 1. The number of hydrogen-bond donors (Lipinski definition) is 1. The normalized spacial score (nSPS) is 20.0. The van der Waals surface area contributed by atoms with Gasteiger partial charge in [0.05, 0.1) is 28.4 Å². The molecule has 2 atom stereocenters. The summed E-state index contributed by atoms with van der Waals surface area (Å²) in [6.07, 6.45) is 9.75. The average Bonchev–Trinajstić information content (AvgIpc) is 2.96. The molecule has 7 nitrogen and oxygen atoms in total. The Morgan fingerprint density at radius 2 is 1.88 bits per heavy atom. The molecule has 2 unspecified atom stereocenters. The molecule has 1 aliphatic carbocycles. The van der Waals surface area contributed by atoms with E-state index in [-0.39, 0.29) is 41.9 Å². The van der Waals surface area contributed by atoms with Crippen LogP contribution in [0.2, 0.25) is 5.02 Å². The summed E-state index contributed by atoms with van der Waals surface area (Å²) in [7, 11) is 0. The molecule has 0 amide bonds. The highest BCUT2D eigenvalue weighted by Gasteiger charge is 2.51. The summed E-state index contributed by atoms with van der Waals surface area (Å²) in [5, 5.41) is 19.7. The van der Waals surface area contributed by atoms with Gasteiger partial charge in [0.25, 0.3) is 0 Å². The number of benzene rings is 2. The van der Waals surface area contributed by atoms with Crippen molar-refractivity contribution in [3.05, 3.63) is 106 Å². The zero-order chi connectivity index (χ0) is 30.4. The molecule has 0 bridgehead atoms. The number of nitriles is 1. The Hall–Kier alpha value is -3.67. The van der Waals surface area contributed by atoms with E-state index in [0.717, 1.165) is 11.1 Å². The number of aliphatic hydroxyl groups is 1. The predicted octanol–water partition coefficient (Wildman–Crippen LogP) is 6.94. The highest BCUT2D eigenvalue weighted by molar-refractivity contribution is 6.32. The molecule has 1 aromatic heterocycles. The SMILES string of the molecule is CC(C)(O)CCOC1(COc2cc(OCc3cncc(C#N)c3)c(C=O)cc2Cl)C=CC=C(c2ccccc2)C1(C)Cl. The van der Waals surface area contributed by atoms with Crippen molar-refractivity contribution in [3.8, 4) is 17.6 Å². The third-order valence-corrected chi connectivity index (χ3v) is 7.86. The van der Waals surface area contributed by atoms with E-state index < -0.39 is 16.1 Å². The highest BCUT2D eigenvalue weighted by Crippen LogP contribution is 2.47. The highest BCUT2D eigenvalue weighted by atomic mass is 35.5. The van der Waals surface area contributed by atoms with Crippen LogP contribution in [-0.4, -0.2) is 45.7 Å². The van der Waals surface area contributed by atoms with Crippen molar-refractivity contribution in [3.63, 3.8) is 0 Å². The standard InChI is InChI=1S/C33H32Cl2N2O5/c1-31(2,39)12-13-42-33(11-7-10-27(32(33,3)35)25-8-5-4-6-9-25)22-41-30-16-29(26(20-38)15-28(30)34)40-21-24-14-23(17-36)18-37-19-24/h4-11,14-16,18-20,39H,12-13,21-22H2,1-3H3. The van der Waals surface area contributed by atoms with Gasteiger partial charge in [-0.25, -0.2) is 0 Å². The second-order valence-electron chi connectivity index (χ2n) is 10.8. The molecular formula is C33H32Cl2N2O5. The lowest BCUT2D eigenvalue weighted by molar-refractivity contribution is -0.0704. The summed E-state index contributed by atoms with van der Waals surface area (Å²) >= 11 is 13.9. The van der Waals surface area contributed by atoms with E-state index in [1.807, 2.05) is 61.6 Å². The van der Waals surface area contributed by atoms with Crippen LogP contribution in [0.1, 0.15) is 54.2 Å². The van der Waals surface area contributed by atoms with Gasteiger partial charge < -0.3 is 19.3 Å². The van der Waals surface area contributed by atoms with Gasteiger partial charge in [-0.15, -0.1) is 11.6 Å². The smallest absolute Gasteiger partial charge is 0.153 e. The van der Waals surface area contributed by atoms with E-state index >= 15 is 0 Å². The molecule has 2 aromatic carbocycles. The lowest BCUT2D eigenvalue weighted by Gasteiger charge is -2.45. The fourth-order valence-electron chi connectivity index (χ4n) is 4.57. The first-order chi connectivity index (χ1) is 20.0. The van der Waals surface area contributed by atoms with Gasteiger partial charge in [0.15, 0.2) is 6.29 Å². The summed E-state index contributed by atoms with van der Waals surface area (Å²) in [5.74, 6) is 0.518. The first-order valence-electron chi connectivity index (χ1n) is 13.4. The zero-order valence-electron chi connectivity index (χ0n) is 23.6. The maximum atomic E-state index is 11.8. The van der Waals surface area contributed by atoms with Crippen LogP contribution in [-0.2, 0) is 11.3 Å². The minimum absolute atomic E-state index is 0.0345. The Labute approximate surface area is 256 Å². The van der Waals surface area contributed by atoms with Crippen molar-refractivity contribution in [2.24, 2.45) is 0 Å². The van der Waals surface area contributed by atoms with E-state index in [0.29, 0.717) is 23.8 Å². The van der Waals surface area contributed by atoms with E-state index in [9.17, 15) is 9.90 Å². The Morgan fingerprint density at radius 1 is 1.12 bits per heavy atom. The molecule has 0 saturated heterocycles. The quantitative estimate of drug-likeness (QED) is 0.176. The number of carbonyl (C=O) groups excluding carboxylic acids is 1. The number of nitrogens with zero attached hydrogens (tertiary/aromatic N) is 2. The van der Waals surface area contributed by atoms with E-state index in [1.165, 1.54) is 12.3 Å². The van der Waals surface area contributed by atoms with Crippen LogP contribution in [0.25, 0.3) is 5.57 Å². The van der Waals surface area contributed by atoms with Crippen molar-refractivity contribution in [1.82, 2.24) is 4.98 Å². The maximum Gasteiger partial charge on any atom is 0.153 e. The van der Waals surface area contributed by atoms with Crippen molar-refractivity contribution in [2.45, 2.75) is 49.9 Å². The zero-order valence-corrected chi connectivity index (χ0v) is 25.2. The second kappa shape index (κ2) is 13.1. The predicted molar refractivity (Wildman–Crippen MR) is 163 cm³/mol. The third kappa shape index (κ3) is 7.21. The summed E-state index contributed by atoms with van der Waals surface area (Å²) < 4.78 is 18.7. The van der Waals surface area contributed by atoms with E-state index in [2.05, 4.69) is 4.98 Å². The third-order valence-electron chi connectivity index (χ3n) is 7.04. The molecule has 218 valence electrons. The number of carbonyl (C=O) groups is 1.